The predicted molar refractivity (Wildman–Crippen MR) is 101 cm³/mol. The third-order valence-electron chi connectivity index (χ3n) is 5.67. The lowest BCUT2D eigenvalue weighted by Gasteiger charge is -2.45. The Bertz CT molecular complexity index is 894. The maximum atomic E-state index is 12.9. The van der Waals surface area contributed by atoms with Gasteiger partial charge < -0.3 is 14.4 Å². The Labute approximate surface area is 159 Å². The van der Waals surface area contributed by atoms with Crippen molar-refractivity contribution in [3.63, 3.8) is 0 Å². The van der Waals surface area contributed by atoms with Crippen molar-refractivity contribution in [2.24, 2.45) is 0 Å². The molecule has 5 heteroatoms. The molecule has 1 saturated heterocycles. The van der Waals surface area contributed by atoms with Crippen LogP contribution in [0.4, 0.5) is 0 Å². The van der Waals surface area contributed by atoms with Crippen LogP contribution < -0.4 is 4.74 Å². The molecule has 0 bridgehead atoms. The molecule has 0 aliphatic carbocycles. The van der Waals surface area contributed by atoms with E-state index in [0.717, 1.165) is 30.6 Å². The summed E-state index contributed by atoms with van der Waals surface area (Å²) in [7, 11) is 1.69. The number of hydrogen-bond acceptors (Lipinski definition) is 4. The third kappa shape index (κ3) is 2.96. The number of methoxy groups -OCH3 is 1. The van der Waals surface area contributed by atoms with E-state index in [2.05, 4.69) is 12.1 Å². The van der Waals surface area contributed by atoms with Crippen LogP contribution in [0.1, 0.15) is 39.9 Å². The molecule has 5 nitrogen and oxygen atoms in total. The van der Waals surface area contributed by atoms with Crippen LogP contribution in [0.5, 0.6) is 5.75 Å². The molecule has 27 heavy (non-hydrogen) atoms. The molecule has 1 amide bonds. The molecule has 0 N–H and O–H groups in total. The number of amides is 1. The molecule has 2 aromatic rings. The van der Waals surface area contributed by atoms with E-state index in [-0.39, 0.29) is 5.91 Å². The predicted octanol–water partition coefficient (Wildman–Crippen LogP) is 3.27. The average Bonchev–Trinajstić information content (AvgIpc) is 2.73. The molecule has 1 fully saturated rings. The van der Waals surface area contributed by atoms with Gasteiger partial charge in [-0.1, -0.05) is 24.3 Å². The first kappa shape index (κ1) is 17.6. The first-order chi connectivity index (χ1) is 13.2. The number of rotatable bonds is 2. The smallest absolute Gasteiger partial charge is 0.255 e. The highest BCUT2D eigenvalue weighted by Gasteiger charge is 2.43. The van der Waals surface area contributed by atoms with E-state index in [1.807, 2.05) is 17.0 Å². The SMILES string of the molecule is COc1cccc2c1C1(CCN(C(=O)c3ccccc3C#N)CC1)OCC2. The van der Waals surface area contributed by atoms with Crippen LogP contribution >= 0.6 is 0 Å². The van der Waals surface area contributed by atoms with Gasteiger partial charge in [0.05, 0.1) is 30.9 Å². The molecule has 2 heterocycles. The lowest BCUT2D eigenvalue weighted by atomic mass is 9.78. The van der Waals surface area contributed by atoms with Gasteiger partial charge in [-0.25, -0.2) is 0 Å². The number of nitrogens with zero attached hydrogens (tertiary/aromatic N) is 2. The van der Waals surface area contributed by atoms with Crippen molar-refractivity contribution in [1.82, 2.24) is 4.90 Å². The molecule has 2 aromatic carbocycles. The molecule has 2 aliphatic heterocycles. The Morgan fingerprint density at radius 1 is 1.19 bits per heavy atom. The number of carbonyl (C=O) groups excluding carboxylic acids is 1. The lowest BCUT2D eigenvalue weighted by molar-refractivity contribution is -0.0946. The highest BCUT2D eigenvalue weighted by atomic mass is 16.5. The fraction of sp³-hybridized carbons (Fsp3) is 0.364. The molecule has 0 unspecified atom stereocenters. The molecule has 138 valence electrons. The highest BCUT2D eigenvalue weighted by molar-refractivity contribution is 5.96. The Balaban J connectivity index is 1.59. The fourth-order valence-corrected chi connectivity index (χ4v) is 4.30. The Hall–Kier alpha value is -2.84. The minimum atomic E-state index is -0.397. The zero-order valence-electron chi connectivity index (χ0n) is 15.4. The second-order valence-electron chi connectivity index (χ2n) is 7.04. The summed E-state index contributed by atoms with van der Waals surface area (Å²) >= 11 is 0. The summed E-state index contributed by atoms with van der Waals surface area (Å²) in [4.78, 5) is 14.8. The zero-order valence-corrected chi connectivity index (χ0v) is 15.4. The summed E-state index contributed by atoms with van der Waals surface area (Å²) in [6.07, 6.45) is 2.33. The van der Waals surface area contributed by atoms with E-state index in [9.17, 15) is 10.1 Å². The summed E-state index contributed by atoms with van der Waals surface area (Å²) in [5.41, 5.74) is 2.91. The van der Waals surface area contributed by atoms with Crippen LogP contribution in [0.25, 0.3) is 0 Å². The zero-order chi connectivity index (χ0) is 18.9. The molecular formula is C22H22N2O3. The van der Waals surface area contributed by atoms with Crippen LogP contribution in [-0.2, 0) is 16.8 Å². The molecule has 0 atom stereocenters. The molecule has 2 aliphatic rings. The molecule has 0 aromatic heterocycles. The standard InChI is InChI=1S/C22H22N2O3/c1-26-19-8-4-6-16-9-14-27-22(20(16)19)10-12-24(13-11-22)21(25)18-7-3-2-5-17(18)15-23/h2-8H,9-14H2,1H3. The average molecular weight is 362 g/mol. The maximum Gasteiger partial charge on any atom is 0.255 e. The van der Waals surface area contributed by atoms with Crippen molar-refractivity contribution in [2.75, 3.05) is 26.8 Å². The van der Waals surface area contributed by atoms with E-state index in [1.165, 1.54) is 5.56 Å². The minimum Gasteiger partial charge on any atom is -0.496 e. The molecule has 0 saturated carbocycles. The van der Waals surface area contributed by atoms with Gasteiger partial charge in [-0.05, 0) is 43.0 Å². The molecule has 4 rings (SSSR count). The summed E-state index contributed by atoms with van der Waals surface area (Å²) in [6.45, 7) is 1.87. The normalized spacial score (nSPS) is 17.9. The van der Waals surface area contributed by atoms with Crippen LogP contribution in [-0.4, -0.2) is 37.6 Å². The summed E-state index contributed by atoms with van der Waals surface area (Å²) in [5, 5.41) is 9.28. The summed E-state index contributed by atoms with van der Waals surface area (Å²) in [6, 6.07) is 15.2. The maximum absolute atomic E-state index is 12.9. The number of nitriles is 1. The second kappa shape index (κ2) is 7.05. The Morgan fingerprint density at radius 2 is 1.96 bits per heavy atom. The van der Waals surface area contributed by atoms with Gasteiger partial charge in [0.2, 0.25) is 0 Å². The van der Waals surface area contributed by atoms with Gasteiger partial charge in [-0.3, -0.25) is 4.79 Å². The van der Waals surface area contributed by atoms with E-state index in [1.54, 1.807) is 31.4 Å². The molecule has 1 spiro atoms. The first-order valence-corrected chi connectivity index (χ1v) is 9.27. The molecule has 0 radical (unpaired) electrons. The van der Waals surface area contributed by atoms with Gasteiger partial charge in [0.1, 0.15) is 11.4 Å². The number of fused-ring (bicyclic) bond motifs is 2. The highest BCUT2D eigenvalue weighted by Crippen LogP contribution is 2.45. The van der Waals surface area contributed by atoms with E-state index in [0.29, 0.717) is 30.8 Å². The van der Waals surface area contributed by atoms with Crippen LogP contribution in [0, 0.1) is 11.3 Å². The molecular weight excluding hydrogens is 340 g/mol. The van der Waals surface area contributed by atoms with Gasteiger partial charge in [0, 0.05) is 18.7 Å². The van der Waals surface area contributed by atoms with Crippen molar-refractivity contribution >= 4 is 5.91 Å². The lowest BCUT2D eigenvalue weighted by Crippen LogP contribution is -2.48. The van der Waals surface area contributed by atoms with Gasteiger partial charge in [0.25, 0.3) is 5.91 Å². The number of carbonyl (C=O) groups is 1. The van der Waals surface area contributed by atoms with E-state index >= 15 is 0 Å². The van der Waals surface area contributed by atoms with E-state index < -0.39 is 5.60 Å². The third-order valence-corrected chi connectivity index (χ3v) is 5.67. The van der Waals surface area contributed by atoms with Crippen molar-refractivity contribution in [3.8, 4) is 11.8 Å². The van der Waals surface area contributed by atoms with Gasteiger partial charge in [0.15, 0.2) is 0 Å². The number of benzene rings is 2. The Morgan fingerprint density at radius 3 is 2.70 bits per heavy atom. The number of likely N-dealkylation sites (tertiary alicyclic amines) is 1. The number of hydrogen-bond donors (Lipinski definition) is 0. The fourth-order valence-electron chi connectivity index (χ4n) is 4.30. The Kier molecular flexibility index (Phi) is 4.59. The summed E-state index contributed by atoms with van der Waals surface area (Å²) in [5.74, 6) is 0.778. The van der Waals surface area contributed by atoms with Crippen LogP contribution in [0.2, 0.25) is 0 Å². The summed E-state index contributed by atoms with van der Waals surface area (Å²) < 4.78 is 11.9. The monoisotopic (exact) mass is 362 g/mol. The minimum absolute atomic E-state index is 0.0851. The van der Waals surface area contributed by atoms with Crippen LogP contribution in [0.15, 0.2) is 42.5 Å². The van der Waals surface area contributed by atoms with E-state index in [4.69, 9.17) is 9.47 Å². The number of ether oxygens (including phenoxy) is 2. The quantitative estimate of drug-likeness (QED) is 0.823. The van der Waals surface area contributed by atoms with Crippen molar-refractivity contribution < 1.29 is 14.3 Å². The van der Waals surface area contributed by atoms with Crippen molar-refractivity contribution in [1.29, 1.82) is 5.26 Å². The van der Waals surface area contributed by atoms with Gasteiger partial charge in [-0.2, -0.15) is 5.26 Å². The number of piperidine rings is 1. The van der Waals surface area contributed by atoms with Crippen molar-refractivity contribution in [3.05, 3.63) is 64.7 Å². The largest absolute Gasteiger partial charge is 0.496 e. The van der Waals surface area contributed by atoms with Crippen LogP contribution in [0.3, 0.4) is 0 Å². The van der Waals surface area contributed by atoms with Gasteiger partial charge in [-0.15, -0.1) is 0 Å². The van der Waals surface area contributed by atoms with Crippen molar-refractivity contribution in [2.45, 2.75) is 24.9 Å². The topological polar surface area (TPSA) is 62.6 Å². The first-order valence-electron chi connectivity index (χ1n) is 9.27. The second-order valence-corrected chi connectivity index (χ2v) is 7.04. The van der Waals surface area contributed by atoms with Gasteiger partial charge >= 0.3 is 0 Å².